The second-order valence-corrected chi connectivity index (χ2v) is 8.45. The van der Waals surface area contributed by atoms with Crippen LogP contribution in [0.3, 0.4) is 0 Å². The van der Waals surface area contributed by atoms with Gasteiger partial charge in [-0.05, 0) is 67.4 Å². The van der Waals surface area contributed by atoms with Crippen molar-refractivity contribution in [1.29, 1.82) is 0 Å². The predicted molar refractivity (Wildman–Crippen MR) is 113 cm³/mol. The van der Waals surface area contributed by atoms with Gasteiger partial charge >= 0.3 is 0 Å². The van der Waals surface area contributed by atoms with E-state index in [2.05, 4.69) is 71.8 Å². The monoisotopic (exact) mass is 370 g/mol. The van der Waals surface area contributed by atoms with Gasteiger partial charge in [-0.25, -0.2) is 0 Å². The number of aliphatic imine (C=N–C) groups is 1. The van der Waals surface area contributed by atoms with Gasteiger partial charge in [-0.3, -0.25) is 9.89 Å². The summed E-state index contributed by atoms with van der Waals surface area (Å²) in [5, 5.41) is 5.42. The highest BCUT2D eigenvalue weighted by Crippen LogP contribution is 2.37. The van der Waals surface area contributed by atoms with E-state index in [9.17, 15) is 0 Å². The molecule has 4 nitrogen and oxygen atoms in total. The van der Waals surface area contributed by atoms with E-state index in [4.69, 9.17) is 5.73 Å². The van der Waals surface area contributed by atoms with E-state index in [1.807, 2.05) is 17.4 Å². The van der Waals surface area contributed by atoms with Crippen molar-refractivity contribution in [2.45, 2.75) is 38.6 Å². The molecule has 2 atom stereocenters. The molecular weight excluding hydrogens is 340 g/mol. The Morgan fingerprint density at radius 3 is 2.92 bits per heavy atom. The number of benzene rings is 1. The van der Waals surface area contributed by atoms with Gasteiger partial charge in [0.2, 0.25) is 0 Å². The number of rotatable bonds is 5. The quantitative estimate of drug-likeness (QED) is 0.593. The van der Waals surface area contributed by atoms with Crippen LogP contribution in [-0.2, 0) is 0 Å². The van der Waals surface area contributed by atoms with E-state index in [0.717, 1.165) is 18.8 Å². The summed E-state index contributed by atoms with van der Waals surface area (Å²) in [4.78, 5) is 8.57. The molecule has 0 aliphatic carbocycles. The molecule has 2 heterocycles. The number of thiophene rings is 1. The maximum Gasteiger partial charge on any atom is 0.193 e. The predicted octanol–water partition coefficient (Wildman–Crippen LogP) is 4.68. The smallest absolute Gasteiger partial charge is 0.193 e. The topological polar surface area (TPSA) is 53.6 Å². The van der Waals surface area contributed by atoms with Gasteiger partial charge in [-0.15, -0.1) is 11.3 Å². The minimum absolute atomic E-state index is 0.449. The number of hydrogen-bond donors (Lipinski definition) is 2. The Hall–Kier alpha value is -1.85. The molecular formula is C21H30N4S. The van der Waals surface area contributed by atoms with Gasteiger partial charge in [0.1, 0.15) is 0 Å². The van der Waals surface area contributed by atoms with Gasteiger partial charge in [0, 0.05) is 23.2 Å². The van der Waals surface area contributed by atoms with E-state index >= 15 is 0 Å². The molecule has 5 heteroatoms. The Bertz CT molecular complexity index is 723. The van der Waals surface area contributed by atoms with Crippen molar-refractivity contribution in [3.63, 3.8) is 0 Å². The minimum atomic E-state index is 0.449. The third-order valence-corrected chi connectivity index (χ3v) is 6.11. The lowest BCUT2D eigenvalue weighted by Gasteiger charge is -2.38. The largest absolute Gasteiger partial charge is 0.370 e. The average molecular weight is 371 g/mol. The molecule has 3 rings (SSSR count). The first-order chi connectivity index (χ1) is 12.5. The summed E-state index contributed by atoms with van der Waals surface area (Å²) in [6.07, 6.45) is 2.43. The summed E-state index contributed by atoms with van der Waals surface area (Å²) in [6.45, 7) is 6.30. The third kappa shape index (κ3) is 4.65. The number of nitrogens with zero attached hydrogens (tertiary/aromatic N) is 2. The molecule has 2 aromatic rings. The zero-order chi connectivity index (χ0) is 18.5. The number of hydrogen-bond acceptors (Lipinski definition) is 3. The van der Waals surface area contributed by atoms with Gasteiger partial charge < -0.3 is 11.1 Å². The Morgan fingerprint density at radius 2 is 2.19 bits per heavy atom. The van der Waals surface area contributed by atoms with Crippen molar-refractivity contribution < 1.29 is 0 Å². The fourth-order valence-electron chi connectivity index (χ4n) is 3.74. The molecule has 0 spiro atoms. The van der Waals surface area contributed by atoms with Crippen molar-refractivity contribution >= 4 is 23.0 Å². The first kappa shape index (κ1) is 18.9. The van der Waals surface area contributed by atoms with Crippen LogP contribution in [-0.4, -0.2) is 31.0 Å². The van der Waals surface area contributed by atoms with Crippen LogP contribution in [0.15, 0.2) is 46.8 Å². The van der Waals surface area contributed by atoms with Gasteiger partial charge in [0.05, 0.1) is 0 Å². The van der Waals surface area contributed by atoms with Gasteiger partial charge in [0.15, 0.2) is 5.96 Å². The van der Waals surface area contributed by atoms with Crippen molar-refractivity contribution in [3.05, 3.63) is 52.2 Å². The summed E-state index contributed by atoms with van der Waals surface area (Å²) in [6, 6.07) is 13.2. The van der Waals surface area contributed by atoms with E-state index < -0.39 is 0 Å². The van der Waals surface area contributed by atoms with Crippen LogP contribution in [0.4, 0.5) is 5.69 Å². The summed E-state index contributed by atoms with van der Waals surface area (Å²) >= 11 is 1.84. The summed E-state index contributed by atoms with van der Waals surface area (Å²) in [5.41, 5.74) is 8.48. The minimum Gasteiger partial charge on any atom is -0.370 e. The summed E-state index contributed by atoms with van der Waals surface area (Å²) < 4.78 is 0. The SMILES string of the molecule is CC(C)c1cccc(NC(N)=NCC2CCCN(C)C2c2cccs2)c1. The lowest BCUT2D eigenvalue weighted by atomic mass is 9.88. The molecule has 1 aromatic carbocycles. The molecule has 2 unspecified atom stereocenters. The van der Waals surface area contributed by atoms with E-state index in [1.165, 1.54) is 23.3 Å². The van der Waals surface area contributed by atoms with Crippen LogP contribution in [0.1, 0.15) is 49.1 Å². The van der Waals surface area contributed by atoms with Crippen LogP contribution < -0.4 is 11.1 Å². The molecule has 0 radical (unpaired) electrons. The van der Waals surface area contributed by atoms with Crippen molar-refractivity contribution in [2.75, 3.05) is 25.5 Å². The zero-order valence-electron chi connectivity index (χ0n) is 16.0. The molecule has 3 N–H and O–H groups in total. The molecule has 1 fully saturated rings. The maximum absolute atomic E-state index is 6.18. The second-order valence-electron chi connectivity index (χ2n) is 7.47. The number of anilines is 1. The average Bonchev–Trinajstić information content (AvgIpc) is 3.14. The van der Waals surface area contributed by atoms with Crippen LogP contribution in [0, 0.1) is 5.92 Å². The molecule has 0 amide bonds. The van der Waals surface area contributed by atoms with E-state index in [1.54, 1.807) is 0 Å². The molecule has 0 bridgehead atoms. The van der Waals surface area contributed by atoms with E-state index in [0.29, 0.717) is 23.8 Å². The van der Waals surface area contributed by atoms with Gasteiger partial charge in [-0.2, -0.15) is 0 Å². The lowest BCUT2D eigenvalue weighted by molar-refractivity contribution is 0.128. The fourth-order valence-corrected chi connectivity index (χ4v) is 4.72. The normalized spacial score (nSPS) is 21.9. The summed E-state index contributed by atoms with van der Waals surface area (Å²) in [7, 11) is 2.22. The highest BCUT2D eigenvalue weighted by atomic mass is 32.1. The fraction of sp³-hybridized carbons (Fsp3) is 0.476. The number of likely N-dealkylation sites (tertiary alicyclic amines) is 1. The number of nitrogens with one attached hydrogen (secondary N) is 1. The van der Waals surface area contributed by atoms with Gasteiger partial charge in [-0.1, -0.05) is 32.0 Å². The van der Waals surface area contributed by atoms with Crippen molar-refractivity contribution in [3.8, 4) is 0 Å². The molecule has 0 saturated carbocycles. The maximum atomic E-state index is 6.18. The van der Waals surface area contributed by atoms with Crippen LogP contribution >= 0.6 is 11.3 Å². The van der Waals surface area contributed by atoms with Crippen LogP contribution in [0.2, 0.25) is 0 Å². The molecule has 1 saturated heterocycles. The number of nitrogens with two attached hydrogens (primary N) is 1. The summed E-state index contributed by atoms with van der Waals surface area (Å²) in [5.74, 6) is 1.51. The highest BCUT2D eigenvalue weighted by molar-refractivity contribution is 7.10. The molecule has 1 aliphatic rings. The van der Waals surface area contributed by atoms with E-state index in [-0.39, 0.29) is 0 Å². The van der Waals surface area contributed by atoms with Crippen molar-refractivity contribution in [1.82, 2.24) is 4.90 Å². The van der Waals surface area contributed by atoms with Gasteiger partial charge in [0.25, 0.3) is 0 Å². The molecule has 1 aliphatic heterocycles. The Labute approximate surface area is 161 Å². The standard InChI is InChI=1S/C21H30N4S/c1-15(2)16-7-4-9-18(13-16)24-21(22)23-14-17-8-5-11-25(3)20(17)19-10-6-12-26-19/h4,6-7,9-10,12-13,15,17,20H,5,8,11,14H2,1-3H3,(H3,22,23,24). The second kappa shape index (κ2) is 8.69. The van der Waals surface area contributed by atoms with Crippen LogP contribution in [0.25, 0.3) is 0 Å². The first-order valence-electron chi connectivity index (χ1n) is 9.45. The number of piperidine rings is 1. The third-order valence-electron chi connectivity index (χ3n) is 5.16. The lowest BCUT2D eigenvalue weighted by Crippen LogP contribution is -2.37. The van der Waals surface area contributed by atoms with Crippen LogP contribution in [0.5, 0.6) is 0 Å². The van der Waals surface area contributed by atoms with Crippen molar-refractivity contribution in [2.24, 2.45) is 16.6 Å². The molecule has 26 heavy (non-hydrogen) atoms. The highest BCUT2D eigenvalue weighted by Gasteiger charge is 2.30. The Balaban J connectivity index is 1.66. The molecule has 140 valence electrons. The zero-order valence-corrected chi connectivity index (χ0v) is 16.8. The molecule has 1 aromatic heterocycles. The first-order valence-corrected chi connectivity index (χ1v) is 10.3. The Kier molecular flexibility index (Phi) is 6.33. The Morgan fingerprint density at radius 1 is 1.35 bits per heavy atom. The number of guanidine groups is 1.